The molecule has 0 bridgehead atoms. The third-order valence-corrected chi connectivity index (χ3v) is 4.07. The van der Waals surface area contributed by atoms with Gasteiger partial charge in [0.15, 0.2) is 0 Å². The molecule has 0 radical (unpaired) electrons. The van der Waals surface area contributed by atoms with Crippen LogP contribution in [0.25, 0.3) is 0 Å². The van der Waals surface area contributed by atoms with Gasteiger partial charge in [0.2, 0.25) is 11.8 Å². The van der Waals surface area contributed by atoms with Crippen LogP contribution in [0.15, 0.2) is 42.5 Å². The summed E-state index contributed by atoms with van der Waals surface area (Å²) in [6.45, 7) is 6.74. The van der Waals surface area contributed by atoms with Crippen LogP contribution in [0.1, 0.15) is 18.1 Å². The Kier molecular flexibility index (Phi) is 7.37. The van der Waals surface area contributed by atoms with Crippen molar-refractivity contribution in [3.63, 3.8) is 0 Å². The van der Waals surface area contributed by atoms with E-state index >= 15 is 0 Å². The number of carbonyl (C=O) groups is 2. The molecule has 0 heterocycles. The predicted molar refractivity (Wildman–Crippen MR) is 108 cm³/mol. The summed E-state index contributed by atoms with van der Waals surface area (Å²) in [6.07, 6.45) is 0. The van der Waals surface area contributed by atoms with Gasteiger partial charge in [0.1, 0.15) is 5.75 Å². The number of benzene rings is 2. The number of anilines is 2. The van der Waals surface area contributed by atoms with E-state index in [0.29, 0.717) is 18.0 Å². The van der Waals surface area contributed by atoms with Crippen LogP contribution in [-0.2, 0) is 9.59 Å². The fourth-order valence-electron chi connectivity index (χ4n) is 2.87. The first kappa shape index (κ1) is 20.5. The first-order valence-electron chi connectivity index (χ1n) is 8.94. The predicted octanol–water partition coefficient (Wildman–Crippen LogP) is 3.21. The van der Waals surface area contributed by atoms with Crippen LogP contribution in [0.2, 0.25) is 0 Å². The second-order valence-electron chi connectivity index (χ2n) is 6.48. The maximum atomic E-state index is 12.3. The van der Waals surface area contributed by atoms with Crippen molar-refractivity contribution >= 4 is 23.2 Å². The van der Waals surface area contributed by atoms with E-state index in [-0.39, 0.29) is 24.9 Å². The van der Waals surface area contributed by atoms with Crippen molar-refractivity contribution in [1.82, 2.24) is 4.90 Å². The van der Waals surface area contributed by atoms with Gasteiger partial charge in [-0.2, -0.15) is 0 Å². The number of ether oxygens (including phenoxy) is 1. The van der Waals surface area contributed by atoms with Gasteiger partial charge >= 0.3 is 0 Å². The second-order valence-corrected chi connectivity index (χ2v) is 6.48. The van der Waals surface area contributed by atoms with Crippen LogP contribution in [0.4, 0.5) is 11.4 Å². The maximum absolute atomic E-state index is 12.3. The molecule has 0 unspecified atom stereocenters. The van der Waals surface area contributed by atoms with Crippen molar-refractivity contribution in [1.29, 1.82) is 0 Å². The molecule has 2 aromatic rings. The number of hydrogen-bond donors (Lipinski definition) is 2. The largest absolute Gasteiger partial charge is 0.495 e. The average molecular weight is 369 g/mol. The molecular weight excluding hydrogens is 342 g/mol. The van der Waals surface area contributed by atoms with Gasteiger partial charge < -0.3 is 15.4 Å². The molecule has 0 spiro atoms. The zero-order valence-corrected chi connectivity index (χ0v) is 16.3. The summed E-state index contributed by atoms with van der Waals surface area (Å²) in [7, 11) is 1.56. The molecule has 2 amide bonds. The summed E-state index contributed by atoms with van der Waals surface area (Å²) >= 11 is 0. The Morgan fingerprint density at radius 3 is 2.15 bits per heavy atom. The minimum Gasteiger partial charge on any atom is -0.495 e. The van der Waals surface area contributed by atoms with Gasteiger partial charge in [-0.3, -0.25) is 14.5 Å². The average Bonchev–Trinajstić information content (AvgIpc) is 2.60. The molecule has 6 heteroatoms. The first-order chi connectivity index (χ1) is 12.9. The molecule has 0 aliphatic rings. The summed E-state index contributed by atoms with van der Waals surface area (Å²) in [4.78, 5) is 26.5. The van der Waals surface area contributed by atoms with Crippen molar-refractivity contribution in [2.24, 2.45) is 0 Å². The third kappa shape index (κ3) is 6.42. The smallest absolute Gasteiger partial charge is 0.238 e. The van der Waals surface area contributed by atoms with Gasteiger partial charge in [-0.05, 0) is 55.8 Å². The molecule has 27 heavy (non-hydrogen) atoms. The van der Waals surface area contributed by atoms with E-state index in [1.165, 1.54) is 0 Å². The maximum Gasteiger partial charge on any atom is 0.238 e. The van der Waals surface area contributed by atoms with Crippen molar-refractivity contribution in [2.45, 2.75) is 20.8 Å². The summed E-state index contributed by atoms with van der Waals surface area (Å²) < 4.78 is 5.24. The molecular formula is C21H27N3O3. The first-order valence-corrected chi connectivity index (χ1v) is 8.94. The van der Waals surface area contributed by atoms with Crippen molar-refractivity contribution in [2.75, 3.05) is 37.4 Å². The zero-order valence-electron chi connectivity index (χ0n) is 16.3. The van der Waals surface area contributed by atoms with Crippen molar-refractivity contribution in [3.05, 3.63) is 53.6 Å². The van der Waals surface area contributed by atoms with E-state index in [1.54, 1.807) is 24.1 Å². The van der Waals surface area contributed by atoms with Crippen LogP contribution < -0.4 is 15.4 Å². The van der Waals surface area contributed by atoms with Crippen LogP contribution in [0, 0.1) is 13.8 Å². The normalized spacial score (nSPS) is 10.6. The quantitative estimate of drug-likeness (QED) is 0.750. The third-order valence-electron chi connectivity index (χ3n) is 4.07. The molecule has 0 saturated heterocycles. The molecule has 2 aromatic carbocycles. The van der Waals surface area contributed by atoms with Crippen LogP contribution >= 0.6 is 0 Å². The van der Waals surface area contributed by atoms with E-state index in [9.17, 15) is 9.59 Å². The Morgan fingerprint density at radius 1 is 0.963 bits per heavy atom. The molecule has 0 aromatic heterocycles. The molecule has 6 nitrogen and oxygen atoms in total. The number of nitrogens with one attached hydrogen (secondary N) is 2. The fourth-order valence-corrected chi connectivity index (χ4v) is 2.87. The highest BCUT2D eigenvalue weighted by Crippen LogP contribution is 2.22. The van der Waals surface area contributed by atoms with Gasteiger partial charge in [-0.25, -0.2) is 0 Å². The fraction of sp³-hybridized carbons (Fsp3) is 0.333. The van der Waals surface area contributed by atoms with E-state index in [0.717, 1.165) is 16.8 Å². The van der Waals surface area contributed by atoms with E-state index in [1.807, 2.05) is 45.0 Å². The number of carbonyl (C=O) groups excluding carboxylic acids is 2. The lowest BCUT2D eigenvalue weighted by atomic mass is 10.1. The lowest BCUT2D eigenvalue weighted by molar-refractivity contribution is -0.119. The topological polar surface area (TPSA) is 70.7 Å². The number of methoxy groups -OCH3 is 1. The summed E-state index contributed by atoms with van der Waals surface area (Å²) in [5.74, 6) is 0.258. The minimum atomic E-state index is -0.194. The van der Waals surface area contributed by atoms with Gasteiger partial charge in [0.25, 0.3) is 0 Å². The number of aryl methyl sites for hydroxylation is 2. The Hall–Kier alpha value is -2.86. The van der Waals surface area contributed by atoms with Crippen LogP contribution in [-0.4, -0.2) is 43.5 Å². The molecule has 2 rings (SSSR count). The zero-order chi connectivity index (χ0) is 19.8. The SMILES string of the molecule is CCN(CC(=O)Nc1cc(C)cc(C)c1)CC(=O)Nc1ccccc1OC. The second kappa shape index (κ2) is 9.73. The van der Waals surface area contributed by atoms with Crippen molar-refractivity contribution < 1.29 is 14.3 Å². The van der Waals surface area contributed by atoms with Crippen LogP contribution in [0.5, 0.6) is 5.75 Å². The Bertz CT molecular complexity index is 785. The van der Waals surface area contributed by atoms with E-state index in [2.05, 4.69) is 16.7 Å². The number of para-hydroxylation sites is 2. The number of rotatable bonds is 8. The van der Waals surface area contributed by atoms with Crippen LogP contribution in [0.3, 0.4) is 0 Å². The Balaban J connectivity index is 1.92. The van der Waals surface area contributed by atoms with Crippen molar-refractivity contribution in [3.8, 4) is 5.75 Å². The number of nitrogens with zero attached hydrogens (tertiary/aromatic N) is 1. The molecule has 2 N–H and O–H groups in total. The van der Waals surface area contributed by atoms with Gasteiger partial charge in [-0.15, -0.1) is 0 Å². The molecule has 0 atom stereocenters. The highest BCUT2D eigenvalue weighted by molar-refractivity contribution is 5.95. The number of amides is 2. The van der Waals surface area contributed by atoms with E-state index < -0.39 is 0 Å². The summed E-state index contributed by atoms with van der Waals surface area (Å²) in [6, 6.07) is 13.1. The monoisotopic (exact) mass is 369 g/mol. The Morgan fingerprint density at radius 2 is 1.56 bits per heavy atom. The van der Waals surface area contributed by atoms with Gasteiger partial charge in [0, 0.05) is 5.69 Å². The number of likely N-dealkylation sites (N-methyl/N-ethyl adjacent to an activating group) is 1. The van der Waals surface area contributed by atoms with Gasteiger partial charge in [-0.1, -0.05) is 25.1 Å². The number of hydrogen-bond acceptors (Lipinski definition) is 4. The molecule has 0 fully saturated rings. The minimum absolute atomic E-state index is 0.120. The lowest BCUT2D eigenvalue weighted by Gasteiger charge is -2.20. The summed E-state index contributed by atoms with van der Waals surface area (Å²) in [5, 5.41) is 5.72. The summed E-state index contributed by atoms with van der Waals surface area (Å²) in [5.41, 5.74) is 3.57. The van der Waals surface area contributed by atoms with E-state index in [4.69, 9.17) is 4.74 Å². The molecule has 0 aliphatic heterocycles. The van der Waals surface area contributed by atoms with Gasteiger partial charge in [0.05, 0.1) is 25.9 Å². The lowest BCUT2D eigenvalue weighted by Crippen LogP contribution is -2.38. The Labute approximate surface area is 160 Å². The molecule has 0 aliphatic carbocycles. The molecule has 144 valence electrons. The standard InChI is InChI=1S/C21H27N3O3/c1-5-24(13-20(25)22-17-11-15(2)10-16(3)12-17)14-21(26)23-18-8-6-7-9-19(18)27-4/h6-12H,5,13-14H2,1-4H3,(H,22,25)(H,23,26). The highest BCUT2D eigenvalue weighted by Gasteiger charge is 2.15. The molecule has 0 saturated carbocycles. The highest BCUT2D eigenvalue weighted by atomic mass is 16.5.